The average molecular weight is 340 g/mol. The second-order valence-electron chi connectivity index (χ2n) is 5.91. The van der Waals surface area contributed by atoms with Crippen molar-refractivity contribution >= 4 is 11.8 Å². The fourth-order valence-electron chi connectivity index (χ4n) is 2.55. The molecule has 0 fully saturated rings. The molecule has 0 aliphatic heterocycles. The summed E-state index contributed by atoms with van der Waals surface area (Å²) in [5, 5.41) is 2.94. The third kappa shape index (κ3) is 5.35. The Bertz CT molecular complexity index is 699. The molecule has 0 saturated heterocycles. The zero-order valence-corrected chi connectivity index (χ0v) is 14.6. The minimum absolute atomic E-state index is 0.173. The molecule has 5 heteroatoms. The summed E-state index contributed by atoms with van der Waals surface area (Å²) in [5.74, 6) is 0.118. The molecule has 0 spiro atoms. The van der Waals surface area contributed by atoms with Gasteiger partial charge in [-0.3, -0.25) is 9.59 Å². The molecule has 0 radical (unpaired) electrons. The van der Waals surface area contributed by atoms with Gasteiger partial charge in [-0.05, 0) is 43.2 Å². The molecular formula is C20H24N2O3. The lowest BCUT2D eigenvalue weighted by molar-refractivity contribution is -0.127. The standard InChI is InChI=1S/C20H24N2O3/c1-3-15(16-7-5-4-6-8-16)13-22-20(24)14(2)25-18-11-9-17(10-12-18)19(21)23/h4-12,14-15H,3,13H2,1-2H3,(H2,21,23)(H,22,24)/t14-,15-/m0/s1. The maximum Gasteiger partial charge on any atom is 0.260 e. The van der Waals surface area contributed by atoms with Gasteiger partial charge in [0, 0.05) is 18.0 Å². The summed E-state index contributed by atoms with van der Waals surface area (Å²) in [6.45, 7) is 4.36. The highest BCUT2D eigenvalue weighted by Gasteiger charge is 2.17. The van der Waals surface area contributed by atoms with E-state index in [0.29, 0.717) is 17.9 Å². The maximum atomic E-state index is 12.3. The molecule has 5 nitrogen and oxygen atoms in total. The highest BCUT2D eigenvalue weighted by molar-refractivity contribution is 5.92. The molecule has 0 unspecified atom stereocenters. The summed E-state index contributed by atoms with van der Waals surface area (Å²) in [4.78, 5) is 23.3. The first kappa shape index (κ1) is 18.5. The number of nitrogens with one attached hydrogen (secondary N) is 1. The van der Waals surface area contributed by atoms with Gasteiger partial charge < -0.3 is 15.8 Å². The minimum atomic E-state index is -0.632. The van der Waals surface area contributed by atoms with Crippen molar-refractivity contribution in [3.63, 3.8) is 0 Å². The Kier molecular flexibility index (Phi) is 6.57. The molecule has 0 aliphatic carbocycles. The molecule has 132 valence electrons. The van der Waals surface area contributed by atoms with E-state index in [1.54, 1.807) is 31.2 Å². The van der Waals surface area contributed by atoms with Crippen molar-refractivity contribution in [3.05, 3.63) is 65.7 Å². The van der Waals surface area contributed by atoms with Crippen LogP contribution in [-0.2, 0) is 4.79 Å². The topological polar surface area (TPSA) is 81.4 Å². The van der Waals surface area contributed by atoms with Gasteiger partial charge in [-0.1, -0.05) is 37.3 Å². The highest BCUT2D eigenvalue weighted by atomic mass is 16.5. The van der Waals surface area contributed by atoms with Crippen LogP contribution in [0.4, 0.5) is 0 Å². The molecular weight excluding hydrogens is 316 g/mol. The van der Waals surface area contributed by atoms with E-state index >= 15 is 0 Å². The van der Waals surface area contributed by atoms with Gasteiger partial charge in [0.2, 0.25) is 5.91 Å². The van der Waals surface area contributed by atoms with Crippen LogP contribution in [0.5, 0.6) is 5.75 Å². The summed E-state index contributed by atoms with van der Waals surface area (Å²) >= 11 is 0. The summed E-state index contributed by atoms with van der Waals surface area (Å²) in [5.41, 5.74) is 6.81. The SMILES string of the molecule is CC[C@@H](CNC(=O)[C@H](C)Oc1ccc(C(N)=O)cc1)c1ccccc1. The lowest BCUT2D eigenvalue weighted by Gasteiger charge is -2.19. The van der Waals surface area contributed by atoms with Crippen LogP contribution in [0.1, 0.15) is 42.1 Å². The van der Waals surface area contributed by atoms with Crippen LogP contribution in [0.2, 0.25) is 0 Å². The fourth-order valence-corrected chi connectivity index (χ4v) is 2.55. The monoisotopic (exact) mass is 340 g/mol. The predicted octanol–water partition coefficient (Wildman–Crippen LogP) is 2.86. The second kappa shape index (κ2) is 8.87. The smallest absolute Gasteiger partial charge is 0.260 e. The van der Waals surface area contributed by atoms with Crippen molar-refractivity contribution in [1.82, 2.24) is 5.32 Å². The van der Waals surface area contributed by atoms with Crippen LogP contribution in [0.3, 0.4) is 0 Å². The molecule has 2 atom stereocenters. The summed E-state index contributed by atoms with van der Waals surface area (Å²) in [6.07, 6.45) is 0.307. The van der Waals surface area contributed by atoms with E-state index in [4.69, 9.17) is 10.5 Å². The van der Waals surface area contributed by atoms with Crippen molar-refractivity contribution in [3.8, 4) is 5.75 Å². The number of amides is 2. The Hall–Kier alpha value is -2.82. The summed E-state index contributed by atoms with van der Waals surface area (Å²) in [6, 6.07) is 16.5. The van der Waals surface area contributed by atoms with Crippen molar-refractivity contribution in [2.24, 2.45) is 5.73 Å². The molecule has 3 N–H and O–H groups in total. The Morgan fingerprint density at radius 1 is 1.08 bits per heavy atom. The minimum Gasteiger partial charge on any atom is -0.481 e. The van der Waals surface area contributed by atoms with Crippen molar-refractivity contribution in [1.29, 1.82) is 0 Å². The number of hydrogen-bond acceptors (Lipinski definition) is 3. The number of carbonyl (C=O) groups excluding carboxylic acids is 2. The molecule has 25 heavy (non-hydrogen) atoms. The van der Waals surface area contributed by atoms with Crippen LogP contribution in [0.25, 0.3) is 0 Å². The third-order valence-corrected chi connectivity index (χ3v) is 4.11. The number of ether oxygens (including phenoxy) is 1. The lowest BCUT2D eigenvalue weighted by atomic mass is 9.96. The Labute approximate surface area is 148 Å². The number of hydrogen-bond donors (Lipinski definition) is 2. The van der Waals surface area contributed by atoms with Crippen molar-refractivity contribution < 1.29 is 14.3 Å². The maximum absolute atomic E-state index is 12.3. The number of carbonyl (C=O) groups is 2. The van der Waals surface area contributed by atoms with Gasteiger partial charge >= 0.3 is 0 Å². The normalized spacial score (nSPS) is 12.9. The average Bonchev–Trinajstić information content (AvgIpc) is 2.63. The van der Waals surface area contributed by atoms with Crippen LogP contribution < -0.4 is 15.8 Å². The summed E-state index contributed by atoms with van der Waals surface area (Å²) in [7, 11) is 0. The molecule has 2 amide bonds. The molecule has 2 aromatic carbocycles. The molecule has 0 bridgehead atoms. The van der Waals surface area contributed by atoms with Crippen molar-refractivity contribution in [2.75, 3.05) is 6.54 Å². The van der Waals surface area contributed by atoms with Crippen molar-refractivity contribution in [2.45, 2.75) is 32.3 Å². The molecule has 2 rings (SSSR count). The molecule has 0 saturated carbocycles. The van der Waals surface area contributed by atoms with Gasteiger partial charge in [0.15, 0.2) is 6.10 Å². The van der Waals surface area contributed by atoms with Crippen LogP contribution in [0.15, 0.2) is 54.6 Å². The predicted molar refractivity (Wildman–Crippen MR) is 97.5 cm³/mol. The zero-order valence-electron chi connectivity index (χ0n) is 14.6. The van der Waals surface area contributed by atoms with Gasteiger partial charge in [-0.2, -0.15) is 0 Å². The first-order valence-corrected chi connectivity index (χ1v) is 8.40. The first-order valence-electron chi connectivity index (χ1n) is 8.40. The van der Waals surface area contributed by atoms with E-state index in [0.717, 1.165) is 6.42 Å². The van der Waals surface area contributed by atoms with E-state index in [1.807, 2.05) is 18.2 Å². The van der Waals surface area contributed by atoms with Gasteiger partial charge in [-0.15, -0.1) is 0 Å². The second-order valence-corrected chi connectivity index (χ2v) is 5.91. The number of primary amides is 1. The van der Waals surface area contributed by atoms with Gasteiger partial charge in [0.25, 0.3) is 5.91 Å². The zero-order chi connectivity index (χ0) is 18.2. The quantitative estimate of drug-likeness (QED) is 0.775. The fraction of sp³-hybridized carbons (Fsp3) is 0.300. The van der Waals surface area contributed by atoms with E-state index < -0.39 is 12.0 Å². The number of nitrogens with two attached hydrogens (primary N) is 1. The lowest BCUT2D eigenvalue weighted by Crippen LogP contribution is -2.38. The Balaban J connectivity index is 1.88. The highest BCUT2D eigenvalue weighted by Crippen LogP contribution is 2.18. The number of rotatable bonds is 8. The van der Waals surface area contributed by atoms with E-state index in [2.05, 4.69) is 24.4 Å². The van der Waals surface area contributed by atoms with E-state index in [-0.39, 0.29) is 11.8 Å². The van der Waals surface area contributed by atoms with Gasteiger partial charge in [0.1, 0.15) is 5.75 Å². The van der Waals surface area contributed by atoms with E-state index in [9.17, 15) is 9.59 Å². The third-order valence-electron chi connectivity index (χ3n) is 4.11. The van der Waals surface area contributed by atoms with E-state index in [1.165, 1.54) is 5.56 Å². The Morgan fingerprint density at radius 3 is 2.28 bits per heavy atom. The van der Waals surface area contributed by atoms with Crippen LogP contribution in [0, 0.1) is 0 Å². The Morgan fingerprint density at radius 2 is 1.72 bits per heavy atom. The molecule has 2 aromatic rings. The summed E-state index contributed by atoms with van der Waals surface area (Å²) < 4.78 is 5.62. The van der Waals surface area contributed by atoms with Crippen LogP contribution in [-0.4, -0.2) is 24.5 Å². The molecule has 0 aliphatic rings. The number of benzene rings is 2. The molecule has 0 aromatic heterocycles. The van der Waals surface area contributed by atoms with Crippen LogP contribution >= 0.6 is 0 Å². The largest absolute Gasteiger partial charge is 0.481 e. The van der Waals surface area contributed by atoms with Gasteiger partial charge in [0.05, 0.1) is 0 Å². The van der Waals surface area contributed by atoms with Gasteiger partial charge in [-0.25, -0.2) is 0 Å². The first-order chi connectivity index (χ1) is 12.0. The molecule has 0 heterocycles.